The van der Waals surface area contributed by atoms with Crippen molar-refractivity contribution < 1.29 is 9.18 Å². The van der Waals surface area contributed by atoms with Crippen LogP contribution in [0.3, 0.4) is 0 Å². The molecule has 0 amide bonds. The van der Waals surface area contributed by atoms with Crippen LogP contribution < -0.4 is 5.32 Å². The quantitative estimate of drug-likeness (QED) is 0.857. The predicted molar refractivity (Wildman–Crippen MR) is 74.1 cm³/mol. The topological polar surface area (TPSA) is 34.0 Å². The zero-order valence-electron chi connectivity index (χ0n) is 11.3. The van der Waals surface area contributed by atoms with Crippen molar-refractivity contribution in [1.29, 1.82) is 0 Å². The van der Waals surface area contributed by atoms with Crippen molar-refractivity contribution in [1.82, 2.24) is 4.57 Å². The first-order valence-electron chi connectivity index (χ1n) is 6.14. The molecular formula is C15H17FN2O. The number of carbonyl (C=O) groups is 1. The van der Waals surface area contributed by atoms with Crippen LogP contribution in [-0.4, -0.2) is 16.9 Å². The lowest BCUT2D eigenvalue weighted by molar-refractivity contribution is 0.101. The van der Waals surface area contributed by atoms with Crippen LogP contribution in [-0.2, 0) is 7.05 Å². The molecule has 0 aliphatic rings. The van der Waals surface area contributed by atoms with E-state index in [0.29, 0.717) is 0 Å². The van der Waals surface area contributed by atoms with Crippen LogP contribution in [0.1, 0.15) is 21.7 Å². The molecule has 1 heterocycles. The first kappa shape index (κ1) is 13.3. The third-order valence-electron chi connectivity index (χ3n) is 3.37. The van der Waals surface area contributed by atoms with E-state index in [1.807, 2.05) is 31.5 Å². The Morgan fingerprint density at radius 2 is 1.89 bits per heavy atom. The predicted octanol–water partition coefficient (Wildman–Crippen LogP) is 3.08. The molecule has 4 heteroatoms. The molecule has 0 unspecified atom stereocenters. The van der Waals surface area contributed by atoms with E-state index in [1.165, 1.54) is 12.1 Å². The number of hydrogen-bond donors (Lipinski definition) is 1. The average Bonchev–Trinajstić information content (AvgIpc) is 2.65. The molecule has 0 atom stereocenters. The van der Waals surface area contributed by atoms with Crippen molar-refractivity contribution in [3.8, 4) is 0 Å². The first-order chi connectivity index (χ1) is 8.99. The van der Waals surface area contributed by atoms with Gasteiger partial charge in [-0.15, -0.1) is 0 Å². The number of aromatic nitrogens is 1. The highest BCUT2D eigenvalue weighted by molar-refractivity contribution is 6.00. The molecule has 0 saturated heterocycles. The van der Waals surface area contributed by atoms with Crippen LogP contribution in [0.25, 0.3) is 0 Å². The maximum atomic E-state index is 12.8. The lowest BCUT2D eigenvalue weighted by atomic mass is 10.1. The molecule has 0 saturated carbocycles. The van der Waals surface area contributed by atoms with Crippen molar-refractivity contribution in [3.05, 3.63) is 53.1 Å². The molecular weight excluding hydrogens is 243 g/mol. The average molecular weight is 260 g/mol. The van der Waals surface area contributed by atoms with Crippen LogP contribution in [0.4, 0.5) is 10.1 Å². The van der Waals surface area contributed by atoms with Gasteiger partial charge in [-0.25, -0.2) is 4.39 Å². The molecule has 0 spiro atoms. The van der Waals surface area contributed by atoms with Gasteiger partial charge < -0.3 is 9.88 Å². The van der Waals surface area contributed by atoms with Gasteiger partial charge in [0.25, 0.3) is 0 Å². The first-order valence-corrected chi connectivity index (χ1v) is 6.14. The molecule has 0 aliphatic heterocycles. The van der Waals surface area contributed by atoms with Crippen LogP contribution >= 0.6 is 0 Å². The molecule has 2 aromatic rings. The van der Waals surface area contributed by atoms with Gasteiger partial charge in [-0.05, 0) is 44.2 Å². The molecule has 3 nitrogen and oxygen atoms in total. The van der Waals surface area contributed by atoms with E-state index < -0.39 is 0 Å². The summed E-state index contributed by atoms with van der Waals surface area (Å²) in [5, 5.41) is 3.00. The van der Waals surface area contributed by atoms with Gasteiger partial charge in [0.2, 0.25) is 0 Å². The second kappa shape index (κ2) is 5.26. The molecule has 1 N–H and O–H groups in total. The SMILES string of the molecule is Cc1cc(C(=O)CNc2ccc(F)cc2)c(C)n1C. The number of ketones is 1. The van der Waals surface area contributed by atoms with Gasteiger partial charge in [0, 0.05) is 29.7 Å². The van der Waals surface area contributed by atoms with Crippen LogP contribution in [0.15, 0.2) is 30.3 Å². The maximum Gasteiger partial charge on any atom is 0.183 e. The monoisotopic (exact) mass is 260 g/mol. The molecule has 1 aromatic heterocycles. The Hall–Kier alpha value is -2.10. The number of Topliss-reactive ketones (excluding diaryl/α,β-unsaturated/α-hetero) is 1. The smallest absolute Gasteiger partial charge is 0.183 e. The highest BCUT2D eigenvalue weighted by Crippen LogP contribution is 2.14. The molecule has 100 valence electrons. The summed E-state index contributed by atoms with van der Waals surface area (Å²) in [6, 6.07) is 7.86. The van der Waals surface area contributed by atoms with E-state index in [0.717, 1.165) is 22.6 Å². The van der Waals surface area contributed by atoms with Gasteiger partial charge in [0.05, 0.1) is 6.54 Å². The highest BCUT2D eigenvalue weighted by atomic mass is 19.1. The Morgan fingerprint density at radius 3 is 2.42 bits per heavy atom. The fourth-order valence-corrected chi connectivity index (χ4v) is 1.98. The summed E-state index contributed by atoms with van der Waals surface area (Å²) in [6.07, 6.45) is 0. The third kappa shape index (κ3) is 2.84. The summed E-state index contributed by atoms with van der Waals surface area (Å²) in [4.78, 5) is 12.1. The zero-order valence-corrected chi connectivity index (χ0v) is 11.3. The third-order valence-corrected chi connectivity index (χ3v) is 3.37. The van der Waals surface area contributed by atoms with E-state index in [-0.39, 0.29) is 18.1 Å². The van der Waals surface area contributed by atoms with Crippen LogP contribution in [0.5, 0.6) is 0 Å². The van der Waals surface area contributed by atoms with E-state index in [4.69, 9.17) is 0 Å². The van der Waals surface area contributed by atoms with Crippen molar-refractivity contribution >= 4 is 11.5 Å². The van der Waals surface area contributed by atoms with Crippen molar-refractivity contribution in [2.24, 2.45) is 7.05 Å². The lowest BCUT2D eigenvalue weighted by Gasteiger charge is -2.06. The number of carbonyl (C=O) groups excluding carboxylic acids is 1. The molecule has 2 rings (SSSR count). The number of rotatable bonds is 4. The number of aryl methyl sites for hydroxylation is 1. The van der Waals surface area contributed by atoms with Crippen molar-refractivity contribution in [3.63, 3.8) is 0 Å². The van der Waals surface area contributed by atoms with E-state index >= 15 is 0 Å². The minimum atomic E-state index is -0.286. The Balaban J connectivity index is 2.05. The van der Waals surface area contributed by atoms with Crippen molar-refractivity contribution in [2.45, 2.75) is 13.8 Å². The highest BCUT2D eigenvalue weighted by Gasteiger charge is 2.13. The second-order valence-electron chi connectivity index (χ2n) is 4.63. The van der Waals surface area contributed by atoms with E-state index in [9.17, 15) is 9.18 Å². The zero-order chi connectivity index (χ0) is 14.0. The summed E-state index contributed by atoms with van der Waals surface area (Å²) >= 11 is 0. The standard InChI is InChI=1S/C15H17FN2O/c1-10-8-14(11(2)18(10)3)15(19)9-17-13-6-4-12(16)5-7-13/h4-8,17H,9H2,1-3H3. The summed E-state index contributed by atoms with van der Waals surface area (Å²) in [5.41, 5.74) is 3.49. The van der Waals surface area contributed by atoms with Crippen LogP contribution in [0.2, 0.25) is 0 Å². The Bertz CT molecular complexity index is 599. The van der Waals surface area contributed by atoms with Gasteiger partial charge in [-0.2, -0.15) is 0 Å². The molecule has 0 fully saturated rings. The van der Waals surface area contributed by atoms with Gasteiger partial charge >= 0.3 is 0 Å². The largest absolute Gasteiger partial charge is 0.378 e. The molecule has 19 heavy (non-hydrogen) atoms. The number of benzene rings is 1. The summed E-state index contributed by atoms with van der Waals surface area (Å²) in [5.74, 6) is -0.253. The summed E-state index contributed by atoms with van der Waals surface area (Å²) in [6.45, 7) is 4.10. The molecule has 1 aromatic carbocycles. The van der Waals surface area contributed by atoms with E-state index in [2.05, 4.69) is 5.32 Å². The van der Waals surface area contributed by atoms with E-state index in [1.54, 1.807) is 12.1 Å². The normalized spacial score (nSPS) is 10.5. The van der Waals surface area contributed by atoms with Crippen molar-refractivity contribution in [2.75, 3.05) is 11.9 Å². The summed E-state index contributed by atoms with van der Waals surface area (Å²) < 4.78 is 14.7. The van der Waals surface area contributed by atoms with Gasteiger partial charge in [0.15, 0.2) is 5.78 Å². The fourth-order valence-electron chi connectivity index (χ4n) is 1.98. The number of hydrogen-bond acceptors (Lipinski definition) is 2. The Kier molecular flexibility index (Phi) is 3.69. The number of anilines is 1. The second-order valence-corrected chi connectivity index (χ2v) is 4.63. The summed E-state index contributed by atoms with van der Waals surface area (Å²) in [7, 11) is 1.94. The van der Waals surface area contributed by atoms with Gasteiger partial charge in [0.1, 0.15) is 5.82 Å². The molecule has 0 bridgehead atoms. The maximum absolute atomic E-state index is 12.8. The van der Waals surface area contributed by atoms with Gasteiger partial charge in [-0.3, -0.25) is 4.79 Å². The number of halogens is 1. The lowest BCUT2D eigenvalue weighted by Crippen LogP contribution is -2.14. The Labute approximate surface area is 112 Å². The minimum Gasteiger partial charge on any atom is -0.378 e. The van der Waals surface area contributed by atoms with Crippen LogP contribution in [0, 0.1) is 19.7 Å². The Morgan fingerprint density at radius 1 is 1.26 bits per heavy atom. The number of nitrogens with zero attached hydrogens (tertiary/aromatic N) is 1. The van der Waals surface area contributed by atoms with Gasteiger partial charge in [-0.1, -0.05) is 0 Å². The molecule has 0 radical (unpaired) electrons. The minimum absolute atomic E-state index is 0.0329. The molecule has 0 aliphatic carbocycles. The fraction of sp³-hybridized carbons (Fsp3) is 0.267. The number of nitrogens with one attached hydrogen (secondary N) is 1.